The van der Waals surface area contributed by atoms with Gasteiger partial charge in [0.2, 0.25) is 5.91 Å². The number of carbonyl (C=O) groups excluding carboxylic acids is 1. The average molecular weight is 280 g/mol. The smallest absolute Gasteiger partial charge is 0.229 e. The van der Waals surface area contributed by atoms with Crippen molar-refractivity contribution in [2.24, 2.45) is 17.6 Å². The standard InChI is InChI=1S/C15H24N2O3/c1-4-20-14-6-5-12(7-11(14)9-18)17-15(19)13(8-16)10(2)3/h5-7,10,13,18H,4,8-9,16H2,1-3H3,(H,17,19). The van der Waals surface area contributed by atoms with E-state index in [2.05, 4.69) is 5.32 Å². The molecule has 0 radical (unpaired) electrons. The van der Waals surface area contributed by atoms with Gasteiger partial charge in [0.25, 0.3) is 0 Å². The molecule has 4 N–H and O–H groups in total. The molecule has 0 saturated carbocycles. The molecule has 20 heavy (non-hydrogen) atoms. The summed E-state index contributed by atoms with van der Waals surface area (Å²) in [6.07, 6.45) is 0. The van der Waals surface area contributed by atoms with Gasteiger partial charge in [0.1, 0.15) is 5.75 Å². The largest absolute Gasteiger partial charge is 0.494 e. The fraction of sp³-hybridized carbons (Fsp3) is 0.533. The SMILES string of the molecule is CCOc1ccc(NC(=O)C(CN)C(C)C)cc1CO. The number of hydrogen-bond donors (Lipinski definition) is 3. The lowest BCUT2D eigenvalue weighted by atomic mass is 9.95. The molecule has 0 saturated heterocycles. The number of rotatable bonds is 7. The summed E-state index contributed by atoms with van der Waals surface area (Å²) in [6.45, 7) is 6.52. The van der Waals surface area contributed by atoms with E-state index in [1.165, 1.54) is 0 Å². The Kier molecular flexibility index (Phi) is 6.48. The molecule has 0 aliphatic rings. The highest BCUT2D eigenvalue weighted by Crippen LogP contribution is 2.24. The number of aliphatic hydroxyl groups is 1. The Morgan fingerprint density at radius 1 is 1.45 bits per heavy atom. The van der Waals surface area contributed by atoms with Crippen LogP contribution in [0.1, 0.15) is 26.3 Å². The average Bonchev–Trinajstić information content (AvgIpc) is 2.41. The molecule has 0 aromatic heterocycles. The minimum atomic E-state index is -0.223. The molecular weight excluding hydrogens is 256 g/mol. The molecule has 5 heteroatoms. The van der Waals surface area contributed by atoms with Gasteiger partial charge >= 0.3 is 0 Å². The number of hydrogen-bond acceptors (Lipinski definition) is 4. The van der Waals surface area contributed by atoms with Gasteiger partial charge in [-0.1, -0.05) is 13.8 Å². The highest BCUT2D eigenvalue weighted by molar-refractivity contribution is 5.93. The molecule has 0 spiro atoms. The Morgan fingerprint density at radius 3 is 2.65 bits per heavy atom. The van der Waals surface area contributed by atoms with Gasteiger partial charge in [0, 0.05) is 17.8 Å². The van der Waals surface area contributed by atoms with E-state index in [1.54, 1.807) is 18.2 Å². The molecule has 5 nitrogen and oxygen atoms in total. The zero-order chi connectivity index (χ0) is 15.1. The number of carbonyl (C=O) groups is 1. The molecule has 0 aliphatic heterocycles. The first-order chi connectivity index (χ1) is 9.53. The first kappa shape index (κ1) is 16.5. The lowest BCUT2D eigenvalue weighted by molar-refractivity contribution is -0.120. The molecule has 1 unspecified atom stereocenters. The first-order valence-electron chi connectivity index (χ1n) is 6.91. The lowest BCUT2D eigenvalue weighted by Gasteiger charge is -2.19. The number of ether oxygens (including phenoxy) is 1. The van der Waals surface area contributed by atoms with Crippen molar-refractivity contribution in [2.75, 3.05) is 18.5 Å². The number of nitrogens with one attached hydrogen (secondary N) is 1. The van der Waals surface area contributed by atoms with E-state index in [4.69, 9.17) is 10.5 Å². The second kappa shape index (κ2) is 7.87. The van der Waals surface area contributed by atoms with Crippen LogP contribution in [0.3, 0.4) is 0 Å². The van der Waals surface area contributed by atoms with Crippen molar-refractivity contribution in [1.29, 1.82) is 0 Å². The zero-order valence-electron chi connectivity index (χ0n) is 12.3. The van der Waals surface area contributed by atoms with Crippen molar-refractivity contribution < 1.29 is 14.6 Å². The van der Waals surface area contributed by atoms with Crippen molar-refractivity contribution in [3.63, 3.8) is 0 Å². The minimum Gasteiger partial charge on any atom is -0.494 e. The highest BCUT2D eigenvalue weighted by atomic mass is 16.5. The van der Waals surface area contributed by atoms with Gasteiger partial charge in [0.05, 0.1) is 19.1 Å². The van der Waals surface area contributed by atoms with Crippen molar-refractivity contribution in [3.05, 3.63) is 23.8 Å². The molecule has 1 aromatic carbocycles. The molecule has 1 amide bonds. The van der Waals surface area contributed by atoms with E-state index < -0.39 is 0 Å². The third-order valence-electron chi connectivity index (χ3n) is 3.19. The molecule has 0 heterocycles. The molecule has 112 valence electrons. The molecule has 1 aromatic rings. The summed E-state index contributed by atoms with van der Waals surface area (Å²) >= 11 is 0. The number of aliphatic hydroxyl groups excluding tert-OH is 1. The Labute approximate surface area is 120 Å². The van der Waals surface area contributed by atoms with Crippen LogP contribution in [0.5, 0.6) is 5.75 Å². The second-order valence-corrected chi connectivity index (χ2v) is 4.99. The number of nitrogens with two attached hydrogens (primary N) is 1. The van der Waals surface area contributed by atoms with Crippen LogP contribution in [-0.4, -0.2) is 24.2 Å². The fourth-order valence-corrected chi connectivity index (χ4v) is 1.99. The summed E-state index contributed by atoms with van der Waals surface area (Å²) in [5.74, 6) is 0.488. The van der Waals surface area contributed by atoms with E-state index in [0.29, 0.717) is 30.2 Å². The van der Waals surface area contributed by atoms with Crippen LogP contribution in [0.2, 0.25) is 0 Å². The van der Waals surface area contributed by atoms with Crippen LogP contribution in [0.15, 0.2) is 18.2 Å². The number of amides is 1. The number of benzene rings is 1. The van der Waals surface area contributed by atoms with Crippen LogP contribution in [0.4, 0.5) is 5.69 Å². The molecule has 1 rings (SSSR count). The summed E-state index contributed by atoms with van der Waals surface area (Å²) in [6, 6.07) is 5.23. The van der Waals surface area contributed by atoms with E-state index in [-0.39, 0.29) is 24.3 Å². The Balaban J connectivity index is 2.85. The van der Waals surface area contributed by atoms with Crippen LogP contribution in [0, 0.1) is 11.8 Å². The van der Waals surface area contributed by atoms with Crippen molar-refractivity contribution in [3.8, 4) is 5.75 Å². The maximum atomic E-state index is 12.1. The van der Waals surface area contributed by atoms with Crippen LogP contribution in [0.25, 0.3) is 0 Å². The van der Waals surface area contributed by atoms with E-state index in [9.17, 15) is 9.90 Å². The Morgan fingerprint density at radius 2 is 2.15 bits per heavy atom. The van der Waals surface area contributed by atoms with Gasteiger partial charge in [-0.25, -0.2) is 0 Å². The van der Waals surface area contributed by atoms with Gasteiger partial charge in [-0.15, -0.1) is 0 Å². The molecule has 1 atom stereocenters. The Bertz CT molecular complexity index is 447. The summed E-state index contributed by atoms with van der Waals surface area (Å²) in [4.78, 5) is 12.1. The molecular formula is C15H24N2O3. The maximum Gasteiger partial charge on any atom is 0.229 e. The summed E-state index contributed by atoms with van der Waals surface area (Å²) in [5.41, 5.74) is 6.92. The first-order valence-corrected chi connectivity index (χ1v) is 6.91. The molecule has 0 fully saturated rings. The predicted molar refractivity (Wildman–Crippen MR) is 79.5 cm³/mol. The third-order valence-corrected chi connectivity index (χ3v) is 3.19. The maximum absolute atomic E-state index is 12.1. The van der Waals surface area contributed by atoms with E-state index in [1.807, 2.05) is 20.8 Å². The predicted octanol–water partition coefficient (Wildman–Crippen LogP) is 1.75. The van der Waals surface area contributed by atoms with Crippen molar-refractivity contribution >= 4 is 11.6 Å². The summed E-state index contributed by atoms with van der Waals surface area (Å²) in [5, 5.41) is 12.2. The van der Waals surface area contributed by atoms with Crippen molar-refractivity contribution in [2.45, 2.75) is 27.4 Å². The second-order valence-electron chi connectivity index (χ2n) is 4.99. The normalized spacial score (nSPS) is 12.3. The monoisotopic (exact) mass is 280 g/mol. The molecule has 0 aliphatic carbocycles. The number of anilines is 1. The van der Waals surface area contributed by atoms with Gasteiger partial charge in [-0.3, -0.25) is 4.79 Å². The molecule has 0 bridgehead atoms. The highest BCUT2D eigenvalue weighted by Gasteiger charge is 2.20. The van der Waals surface area contributed by atoms with Crippen LogP contribution >= 0.6 is 0 Å². The summed E-state index contributed by atoms with van der Waals surface area (Å²) in [7, 11) is 0. The summed E-state index contributed by atoms with van der Waals surface area (Å²) < 4.78 is 5.40. The van der Waals surface area contributed by atoms with E-state index >= 15 is 0 Å². The fourth-order valence-electron chi connectivity index (χ4n) is 1.99. The minimum absolute atomic E-state index is 0.101. The van der Waals surface area contributed by atoms with Gasteiger partial charge in [0.15, 0.2) is 0 Å². The van der Waals surface area contributed by atoms with Gasteiger partial charge in [-0.2, -0.15) is 0 Å². The quantitative estimate of drug-likeness (QED) is 0.710. The lowest BCUT2D eigenvalue weighted by Crippen LogP contribution is -2.33. The van der Waals surface area contributed by atoms with Crippen LogP contribution in [-0.2, 0) is 11.4 Å². The Hall–Kier alpha value is -1.59. The topological polar surface area (TPSA) is 84.6 Å². The van der Waals surface area contributed by atoms with Gasteiger partial charge < -0.3 is 20.9 Å². The van der Waals surface area contributed by atoms with E-state index in [0.717, 1.165) is 0 Å². The zero-order valence-corrected chi connectivity index (χ0v) is 12.3. The third kappa shape index (κ3) is 4.21. The van der Waals surface area contributed by atoms with Crippen LogP contribution < -0.4 is 15.8 Å². The van der Waals surface area contributed by atoms with Gasteiger partial charge in [-0.05, 0) is 31.0 Å². The van der Waals surface area contributed by atoms with Crippen molar-refractivity contribution in [1.82, 2.24) is 0 Å².